The molecule has 2 atom stereocenters. The van der Waals surface area contributed by atoms with E-state index in [9.17, 15) is 19.8 Å². The van der Waals surface area contributed by atoms with Crippen LogP contribution >= 0.6 is 11.3 Å². The number of carboxylic acids is 1. The fourth-order valence-electron chi connectivity index (χ4n) is 1.41. The van der Waals surface area contributed by atoms with E-state index in [1.165, 1.54) is 6.92 Å². The number of carboxylic acid groups (broad SMARTS) is 1. The molecule has 0 bridgehead atoms. The molecule has 3 N–H and O–H groups in total. The molecule has 0 aliphatic heterocycles. The Labute approximate surface area is 113 Å². The highest BCUT2D eigenvalue weighted by Crippen LogP contribution is 2.26. The first kappa shape index (κ1) is 15.5. The first-order valence-electron chi connectivity index (χ1n) is 5.59. The van der Waals surface area contributed by atoms with Gasteiger partial charge in [0.15, 0.2) is 0 Å². The molecule has 0 saturated heterocycles. The second kappa shape index (κ2) is 6.60. The number of aromatic nitrogens is 1. The summed E-state index contributed by atoms with van der Waals surface area (Å²) in [5, 5.41) is 28.4. The molecular formula is C11H15NO6S. The third kappa shape index (κ3) is 3.98. The second-order valence-corrected chi connectivity index (χ2v) is 4.82. The predicted octanol–water partition coefficient (Wildman–Crippen LogP) is 0.497. The normalized spacial score (nSPS) is 13.9. The van der Waals surface area contributed by atoms with E-state index in [1.54, 1.807) is 6.92 Å². The summed E-state index contributed by atoms with van der Waals surface area (Å²) in [5.74, 6) is -1.78. The van der Waals surface area contributed by atoms with Crippen molar-refractivity contribution in [3.63, 3.8) is 0 Å². The SMILES string of the molecule is CCOC(=O)CC(O)C(O)c1nc(C)c(C(=O)O)s1. The number of rotatable bonds is 6. The van der Waals surface area contributed by atoms with Crippen LogP contribution in [0.3, 0.4) is 0 Å². The summed E-state index contributed by atoms with van der Waals surface area (Å²) < 4.78 is 4.64. The molecule has 1 aromatic rings. The van der Waals surface area contributed by atoms with Crippen molar-refractivity contribution in [2.45, 2.75) is 32.5 Å². The standard InChI is InChI=1S/C11H15NO6S/c1-3-18-7(14)4-6(13)8(15)10-12-5(2)9(19-10)11(16)17/h6,8,13,15H,3-4H2,1-2H3,(H,16,17). The maximum absolute atomic E-state index is 11.2. The van der Waals surface area contributed by atoms with Crippen molar-refractivity contribution in [3.8, 4) is 0 Å². The third-order valence-electron chi connectivity index (χ3n) is 2.31. The summed E-state index contributed by atoms with van der Waals surface area (Å²) in [6.07, 6.45) is -3.18. The fraction of sp³-hybridized carbons (Fsp3) is 0.545. The van der Waals surface area contributed by atoms with Gasteiger partial charge in [-0.2, -0.15) is 0 Å². The number of carbonyl (C=O) groups excluding carboxylic acids is 1. The number of esters is 1. The van der Waals surface area contributed by atoms with Crippen LogP contribution in [0.4, 0.5) is 0 Å². The zero-order valence-corrected chi connectivity index (χ0v) is 11.3. The molecule has 2 unspecified atom stereocenters. The summed E-state index contributed by atoms with van der Waals surface area (Å²) >= 11 is 0.772. The van der Waals surface area contributed by atoms with Crippen molar-refractivity contribution in [1.29, 1.82) is 0 Å². The number of aliphatic hydroxyl groups is 2. The number of hydrogen-bond donors (Lipinski definition) is 3. The summed E-state index contributed by atoms with van der Waals surface area (Å²) in [6, 6.07) is 0. The predicted molar refractivity (Wildman–Crippen MR) is 66.0 cm³/mol. The molecule has 19 heavy (non-hydrogen) atoms. The number of aryl methyl sites for hydroxylation is 1. The van der Waals surface area contributed by atoms with Crippen molar-refractivity contribution in [2.75, 3.05) is 6.61 Å². The Hall–Kier alpha value is -1.51. The van der Waals surface area contributed by atoms with Crippen molar-refractivity contribution < 1.29 is 29.6 Å². The van der Waals surface area contributed by atoms with Gasteiger partial charge in [-0.05, 0) is 13.8 Å². The number of hydrogen-bond acceptors (Lipinski definition) is 7. The van der Waals surface area contributed by atoms with Crippen molar-refractivity contribution >= 4 is 23.3 Å². The largest absolute Gasteiger partial charge is 0.477 e. The average Bonchev–Trinajstić information content (AvgIpc) is 2.70. The van der Waals surface area contributed by atoms with Crippen LogP contribution in [0.1, 0.15) is 39.8 Å². The lowest BCUT2D eigenvalue weighted by molar-refractivity contribution is -0.147. The Morgan fingerprint density at radius 2 is 2.05 bits per heavy atom. The number of aliphatic hydroxyl groups excluding tert-OH is 2. The van der Waals surface area contributed by atoms with Crippen LogP contribution in [-0.4, -0.2) is 45.0 Å². The van der Waals surface area contributed by atoms with Crippen molar-refractivity contribution in [1.82, 2.24) is 4.98 Å². The lowest BCUT2D eigenvalue weighted by Crippen LogP contribution is -2.23. The minimum Gasteiger partial charge on any atom is -0.477 e. The van der Waals surface area contributed by atoms with Gasteiger partial charge in [-0.15, -0.1) is 11.3 Å². The van der Waals surface area contributed by atoms with Gasteiger partial charge in [-0.25, -0.2) is 9.78 Å². The highest BCUT2D eigenvalue weighted by atomic mass is 32.1. The molecule has 0 aliphatic carbocycles. The van der Waals surface area contributed by atoms with E-state index in [2.05, 4.69) is 9.72 Å². The zero-order valence-electron chi connectivity index (χ0n) is 10.5. The summed E-state index contributed by atoms with van der Waals surface area (Å²) in [6.45, 7) is 3.30. The number of aromatic carboxylic acids is 1. The Bertz CT molecular complexity index is 472. The summed E-state index contributed by atoms with van der Waals surface area (Å²) in [7, 11) is 0. The Morgan fingerprint density at radius 1 is 1.42 bits per heavy atom. The molecule has 1 aromatic heterocycles. The lowest BCUT2D eigenvalue weighted by atomic mass is 10.1. The van der Waals surface area contributed by atoms with E-state index in [1.807, 2.05) is 0 Å². The van der Waals surface area contributed by atoms with Crippen LogP contribution in [0.5, 0.6) is 0 Å². The van der Waals surface area contributed by atoms with E-state index < -0.39 is 24.1 Å². The minimum atomic E-state index is -1.42. The quantitative estimate of drug-likeness (QED) is 0.653. The fourth-order valence-corrected chi connectivity index (χ4v) is 2.36. The smallest absolute Gasteiger partial charge is 0.347 e. The van der Waals surface area contributed by atoms with Gasteiger partial charge in [0.05, 0.1) is 24.8 Å². The highest BCUT2D eigenvalue weighted by molar-refractivity contribution is 7.13. The van der Waals surface area contributed by atoms with Crippen molar-refractivity contribution in [3.05, 3.63) is 15.6 Å². The van der Waals surface area contributed by atoms with Gasteiger partial charge >= 0.3 is 11.9 Å². The topological polar surface area (TPSA) is 117 Å². The zero-order chi connectivity index (χ0) is 14.6. The molecule has 0 fully saturated rings. The maximum atomic E-state index is 11.2. The molecule has 0 aliphatic rings. The van der Waals surface area contributed by atoms with Gasteiger partial charge < -0.3 is 20.1 Å². The van der Waals surface area contributed by atoms with Gasteiger partial charge in [0, 0.05) is 0 Å². The van der Waals surface area contributed by atoms with Crippen LogP contribution in [0.15, 0.2) is 0 Å². The van der Waals surface area contributed by atoms with E-state index in [0.717, 1.165) is 11.3 Å². The summed E-state index contributed by atoms with van der Waals surface area (Å²) in [5.41, 5.74) is 0.259. The Kier molecular flexibility index (Phi) is 5.40. The summed E-state index contributed by atoms with van der Waals surface area (Å²) in [4.78, 5) is 25.9. The van der Waals surface area contributed by atoms with E-state index in [0.29, 0.717) is 0 Å². The molecule has 1 heterocycles. The molecule has 8 heteroatoms. The molecule has 0 spiro atoms. The first-order chi connectivity index (χ1) is 8.86. The number of carbonyl (C=O) groups is 2. The molecule has 7 nitrogen and oxygen atoms in total. The van der Waals surface area contributed by atoms with E-state index in [4.69, 9.17) is 5.11 Å². The Balaban J connectivity index is 2.76. The minimum absolute atomic E-state index is 0.00242. The average molecular weight is 289 g/mol. The van der Waals surface area contributed by atoms with E-state index in [-0.39, 0.29) is 28.6 Å². The van der Waals surface area contributed by atoms with Gasteiger partial charge in [0.2, 0.25) is 0 Å². The van der Waals surface area contributed by atoms with Gasteiger partial charge in [0.25, 0.3) is 0 Å². The van der Waals surface area contributed by atoms with Gasteiger partial charge in [-0.3, -0.25) is 4.79 Å². The molecule has 106 valence electrons. The molecule has 0 radical (unpaired) electrons. The first-order valence-corrected chi connectivity index (χ1v) is 6.40. The van der Waals surface area contributed by atoms with Gasteiger partial charge in [-0.1, -0.05) is 0 Å². The molecule has 0 saturated carbocycles. The monoisotopic (exact) mass is 289 g/mol. The van der Waals surface area contributed by atoms with Crippen LogP contribution < -0.4 is 0 Å². The van der Waals surface area contributed by atoms with Crippen LogP contribution in [-0.2, 0) is 9.53 Å². The highest BCUT2D eigenvalue weighted by Gasteiger charge is 2.26. The van der Waals surface area contributed by atoms with Crippen LogP contribution in [0.25, 0.3) is 0 Å². The second-order valence-electron chi connectivity index (χ2n) is 3.79. The molecule has 0 aromatic carbocycles. The van der Waals surface area contributed by atoms with Crippen LogP contribution in [0, 0.1) is 6.92 Å². The Morgan fingerprint density at radius 3 is 2.53 bits per heavy atom. The number of nitrogens with zero attached hydrogens (tertiary/aromatic N) is 1. The lowest BCUT2D eigenvalue weighted by Gasteiger charge is -2.14. The molecule has 1 rings (SSSR count). The molecule has 0 amide bonds. The van der Waals surface area contributed by atoms with Gasteiger partial charge in [0.1, 0.15) is 16.0 Å². The van der Waals surface area contributed by atoms with Crippen molar-refractivity contribution in [2.24, 2.45) is 0 Å². The maximum Gasteiger partial charge on any atom is 0.347 e. The van der Waals surface area contributed by atoms with E-state index >= 15 is 0 Å². The number of thiazole rings is 1. The third-order valence-corrected chi connectivity index (χ3v) is 3.52. The molecular weight excluding hydrogens is 274 g/mol. The number of ether oxygens (including phenoxy) is 1. The van der Waals surface area contributed by atoms with Crippen LogP contribution in [0.2, 0.25) is 0 Å².